The molecule has 1 fully saturated rings. The van der Waals surface area contributed by atoms with Crippen LogP contribution in [0.25, 0.3) is 0 Å². The molecule has 0 bridgehead atoms. The Morgan fingerprint density at radius 1 is 1.59 bits per heavy atom. The fourth-order valence-corrected chi connectivity index (χ4v) is 1.91. The first kappa shape index (κ1) is 13.8. The maximum Gasteiger partial charge on any atom is 0.270 e. The number of nitrogens with two attached hydrogens (primary N) is 1. The molecule has 0 radical (unpaired) electrons. The summed E-state index contributed by atoms with van der Waals surface area (Å²) in [6.07, 6.45) is -0.610. The van der Waals surface area contributed by atoms with Gasteiger partial charge in [-0.2, -0.15) is 5.26 Å². The number of halogens is 2. The Bertz CT molecular complexity index is 351. The second-order valence-corrected chi connectivity index (χ2v) is 4.80. The standard InChI is InChI=1S/C11H17F2N3O/c1-6(2)9(15)10(17)16-7(3)11(12,13)4-8(16)5-14/h6-9H,4,15H2,1-3H3/t7-,8-,9-/m0/s1. The molecule has 0 aromatic carbocycles. The van der Waals surface area contributed by atoms with Crippen molar-refractivity contribution in [3.05, 3.63) is 0 Å². The molecule has 1 aliphatic rings. The number of hydrogen-bond donors (Lipinski definition) is 1. The number of carbonyl (C=O) groups excluding carboxylic acids is 1. The highest BCUT2D eigenvalue weighted by Crippen LogP contribution is 2.38. The summed E-state index contributed by atoms with van der Waals surface area (Å²) in [5.74, 6) is -3.74. The molecule has 0 aromatic heterocycles. The second-order valence-electron chi connectivity index (χ2n) is 4.80. The Kier molecular flexibility index (Phi) is 3.72. The van der Waals surface area contributed by atoms with Crippen LogP contribution in [0.15, 0.2) is 0 Å². The number of carbonyl (C=O) groups is 1. The minimum atomic E-state index is -3.02. The molecule has 17 heavy (non-hydrogen) atoms. The predicted molar refractivity (Wildman–Crippen MR) is 58.1 cm³/mol. The van der Waals surface area contributed by atoms with Gasteiger partial charge in [-0.15, -0.1) is 0 Å². The first-order chi connectivity index (χ1) is 7.72. The number of nitrogens with zero attached hydrogens (tertiary/aromatic N) is 2. The molecule has 2 N–H and O–H groups in total. The van der Waals surface area contributed by atoms with E-state index in [2.05, 4.69) is 0 Å². The summed E-state index contributed by atoms with van der Waals surface area (Å²) in [5, 5.41) is 8.84. The average Bonchev–Trinajstić information content (AvgIpc) is 2.48. The molecule has 1 aliphatic heterocycles. The summed E-state index contributed by atoms with van der Waals surface area (Å²) < 4.78 is 26.9. The van der Waals surface area contributed by atoms with Crippen molar-refractivity contribution in [2.75, 3.05) is 0 Å². The van der Waals surface area contributed by atoms with Crippen molar-refractivity contribution >= 4 is 5.91 Å². The molecule has 96 valence electrons. The van der Waals surface area contributed by atoms with Crippen molar-refractivity contribution in [2.24, 2.45) is 11.7 Å². The molecular weight excluding hydrogens is 228 g/mol. The van der Waals surface area contributed by atoms with E-state index in [4.69, 9.17) is 11.0 Å². The van der Waals surface area contributed by atoms with Crippen LogP contribution in [-0.4, -0.2) is 34.9 Å². The third-order valence-corrected chi connectivity index (χ3v) is 3.24. The number of nitriles is 1. The fourth-order valence-electron chi connectivity index (χ4n) is 1.91. The summed E-state index contributed by atoms with van der Waals surface area (Å²) in [7, 11) is 0. The third kappa shape index (κ3) is 2.39. The summed E-state index contributed by atoms with van der Waals surface area (Å²) in [6, 6.07) is -1.46. The van der Waals surface area contributed by atoms with E-state index in [-0.39, 0.29) is 5.92 Å². The quantitative estimate of drug-likeness (QED) is 0.792. The predicted octanol–water partition coefficient (Wildman–Crippen LogP) is 1.12. The van der Waals surface area contributed by atoms with Gasteiger partial charge in [0.1, 0.15) is 6.04 Å². The number of alkyl halides is 2. The van der Waals surface area contributed by atoms with Crippen LogP contribution in [-0.2, 0) is 4.79 Å². The van der Waals surface area contributed by atoms with Gasteiger partial charge in [0, 0.05) is 6.42 Å². The maximum atomic E-state index is 13.5. The highest BCUT2D eigenvalue weighted by atomic mass is 19.3. The van der Waals surface area contributed by atoms with Gasteiger partial charge in [-0.25, -0.2) is 8.78 Å². The molecule has 4 nitrogen and oxygen atoms in total. The molecule has 0 saturated carbocycles. The maximum absolute atomic E-state index is 13.5. The van der Waals surface area contributed by atoms with Gasteiger partial charge in [0.05, 0.1) is 18.2 Å². The van der Waals surface area contributed by atoms with Crippen LogP contribution in [0, 0.1) is 17.2 Å². The van der Waals surface area contributed by atoms with Gasteiger partial charge in [-0.3, -0.25) is 4.79 Å². The van der Waals surface area contributed by atoms with Crippen molar-refractivity contribution < 1.29 is 13.6 Å². The van der Waals surface area contributed by atoms with Gasteiger partial charge in [0.25, 0.3) is 5.92 Å². The van der Waals surface area contributed by atoms with E-state index in [0.29, 0.717) is 0 Å². The number of likely N-dealkylation sites (tertiary alicyclic amines) is 1. The van der Waals surface area contributed by atoms with E-state index in [1.54, 1.807) is 19.9 Å². The lowest BCUT2D eigenvalue weighted by Crippen LogP contribution is -2.52. The second kappa shape index (κ2) is 4.57. The van der Waals surface area contributed by atoms with Crippen LogP contribution in [0.5, 0.6) is 0 Å². The molecule has 0 spiro atoms. The molecule has 1 saturated heterocycles. The van der Waals surface area contributed by atoms with Gasteiger partial charge >= 0.3 is 0 Å². The molecule has 0 aliphatic carbocycles. The third-order valence-electron chi connectivity index (χ3n) is 3.24. The first-order valence-corrected chi connectivity index (χ1v) is 5.57. The van der Waals surface area contributed by atoms with Crippen LogP contribution < -0.4 is 5.73 Å². The lowest BCUT2D eigenvalue weighted by Gasteiger charge is -2.29. The molecule has 0 aromatic rings. The summed E-state index contributed by atoms with van der Waals surface area (Å²) >= 11 is 0. The number of hydrogen-bond acceptors (Lipinski definition) is 3. The minimum Gasteiger partial charge on any atom is -0.320 e. The average molecular weight is 245 g/mol. The van der Waals surface area contributed by atoms with Crippen LogP contribution in [0.3, 0.4) is 0 Å². The molecule has 3 atom stereocenters. The number of amides is 1. The van der Waals surface area contributed by atoms with Gasteiger partial charge in [-0.1, -0.05) is 13.8 Å². The highest BCUT2D eigenvalue weighted by molar-refractivity contribution is 5.83. The zero-order chi connectivity index (χ0) is 13.4. The number of rotatable bonds is 2. The van der Waals surface area contributed by atoms with E-state index < -0.39 is 36.4 Å². The van der Waals surface area contributed by atoms with Gasteiger partial charge in [0.15, 0.2) is 0 Å². The van der Waals surface area contributed by atoms with Crippen molar-refractivity contribution in [2.45, 2.75) is 51.2 Å². The summed E-state index contributed by atoms with van der Waals surface area (Å²) in [4.78, 5) is 12.9. The van der Waals surface area contributed by atoms with Crippen molar-refractivity contribution in [3.8, 4) is 6.07 Å². The lowest BCUT2D eigenvalue weighted by atomic mass is 10.0. The lowest BCUT2D eigenvalue weighted by molar-refractivity contribution is -0.138. The molecule has 6 heteroatoms. The van der Waals surface area contributed by atoms with Gasteiger partial charge in [-0.05, 0) is 12.8 Å². The monoisotopic (exact) mass is 245 g/mol. The van der Waals surface area contributed by atoms with E-state index in [0.717, 1.165) is 4.90 Å². The molecule has 1 heterocycles. The normalized spacial score (nSPS) is 29.2. The largest absolute Gasteiger partial charge is 0.320 e. The highest BCUT2D eigenvalue weighted by Gasteiger charge is 2.54. The van der Waals surface area contributed by atoms with Crippen LogP contribution >= 0.6 is 0 Å². The van der Waals surface area contributed by atoms with Crippen LogP contribution in [0.1, 0.15) is 27.2 Å². The zero-order valence-electron chi connectivity index (χ0n) is 10.2. The van der Waals surface area contributed by atoms with Gasteiger partial charge < -0.3 is 10.6 Å². The van der Waals surface area contributed by atoms with E-state index in [1.165, 1.54) is 6.92 Å². The van der Waals surface area contributed by atoms with Crippen LogP contribution in [0.2, 0.25) is 0 Å². The molecule has 0 unspecified atom stereocenters. The zero-order valence-corrected chi connectivity index (χ0v) is 10.2. The Morgan fingerprint density at radius 2 is 2.12 bits per heavy atom. The topological polar surface area (TPSA) is 70.1 Å². The van der Waals surface area contributed by atoms with E-state index in [9.17, 15) is 13.6 Å². The van der Waals surface area contributed by atoms with Crippen LogP contribution in [0.4, 0.5) is 8.78 Å². The minimum absolute atomic E-state index is 0.150. The van der Waals surface area contributed by atoms with E-state index in [1.807, 2.05) is 0 Å². The van der Waals surface area contributed by atoms with Gasteiger partial charge in [0.2, 0.25) is 5.91 Å². The summed E-state index contributed by atoms with van der Waals surface area (Å²) in [5.41, 5.74) is 5.66. The molecule has 1 amide bonds. The van der Waals surface area contributed by atoms with Crippen molar-refractivity contribution in [1.29, 1.82) is 5.26 Å². The molecular formula is C11H17F2N3O. The smallest absolute Gasteiger partial charge is 0.270 e. The first-order valence-electron chi connectivity index (χ1n) is 5.57. The fraction of sp³-hybridized carbons (Fsp3) is 0.818. The SMILES string of the molecule is CC(C)[C@H](N)C(=O)N1[C@H](C#N)CC(F)(F)[C@@H]1C. The molecule has 1 rings (SSSR count). The Labute approximate surface area is 99.4 Å². The Balaban J connectivity index is 2.96. The van der Waals surface area contributed by atoms with E-state index >= 15 is 0 Å². The Hall–Kier alpha value is -1.22. The summed E-state index contributed by atoms with van der Waals surface area (Å²) in [6.45, 7) is 4.73. The van der Waals surface area contributed by atoms with Crippen molar-refractivity contribution in [3.63, 3.8) is 0 Å². The van der Waals surface area contributed by atoms with Crippen molar-refractivity contribution in [1.82, 2.24) is 4.90 Å². The Morgan fingerprint density at radius 3 is 2.53 bits per heavy atom.